The van der Waals surface area contributed by atoms with Gasteiger partial charge in [0.25, 0.3) is 5.91 Å². The minimum Gasteiger partial charge on any atom is -0.494 e. The first-order valence-electron chi connectivity index (χ1n) is 7.79. The van der Waals surface area contributed by atoms with E-state index in [1.54, 1.807) is 0 Å². The molecule has 28 heavy (non-hydrogen) atoms. The summed E-state index contributed by atoms with van der Waals surface area (Å²) in [4.78, 5) is 12.3. The molecule has 0 saturated carbocycles. The van der Waals surface area contributed by atoms with Crippen molar-refractivity contribution in [2.24, 2.45) is 5.14 Å². The normalized spacial score (nSPS) is 11.7. The predicted molar refractivity (Wildman–Crippen MR) is 110 cm³/mol. The summed E-state index contributed by atoms with van der Waals surface area (Å²) in [5, 5.41) is 7.69. The number of primary sulfonamides is 1. The maximum atomic E-state index is 12.5. The van der Waals surface area contributed by atoms with Gasteiger partial charge in [-0.15, -0.1) is 0 Å². The summed E-state index contributed by atoms with van der Waals surface area (Å²) >= 11 is 3.19. The summed E-state index contributed by atoms with van der Waals surface area (Å²) in [7, 11) is -6.11. The van der Waals surface area contributed by atoms with Crippen LogP contribution in [0.4, 0.5) is 11.4 Å². The van der Waals surface area contributed by atoms with Crippen molar-refractivity contribution in [3.8, 4) is 5.75 Å². The molecule has 1 amide bonds. The molecule has 152 valence electrons. The molecule has 0 saturated heterocycles. The molecular weight excluding hydrogens is 474 g/mol. The molecule has 9 nitrogen and oxygen atoms in total. The molecule has 0 aliphatic carbocycles. The van der Waals surface area contributed by atoms with E-state index < -0.39 is 26.0 Å². The number of anilines is 2. The molecule has 0 heterocycles. The van der Waals surface area contributed by atoms with Crippen LogP contribution in [0.5, 0.6) is 5.75 Å². The van der Waals surface area contributed by atoms with Crippen molar-refractivity contribution >= 4 is 53.3 Å². The SMILES string of the molecule is CCS(=O)(=O)Nc1ccc(NC(=O)c2cc(S(N)(=O)=O)ccc2Br)cc1OC. The lowest BCUT2D eigenvalue weighted by Crippen LogP contribution is -2.17. The number of benzene rings is 2. The van der Waals surface area contributed by atoms with Crippen LogP contribution in [-0.4, -0.2) is 35.6 Å². The Labute approximate surface area is 171 Å². The fourth-order valence-electron chi connectivity index (χ4n) is 2.15. The van der Waals surface area contributed by atoms with Gasteiger partial charge in [-0.2, -0.15) is 0 Å². The van der Waals surface area contributed by atoms with Gasteiger partial charge in [-0.3, -0.25) is 9.52 Å². The number of nitrogens with two attached hydrogens (primary N) is 1. The summed E-state index contributed by atoms with van der Waals surface area (Å²) < 4.78 is 54.4. The lowest BCUT2D eigenvalue weighted by Gasteiger charge is -2.13. The molecule has 0 aromatic heterocycles. The molecule has 2 aromatic carbocycles. The Morgan fingerprint density at radius 2 is 1.82 bits per heavy atom. The zero-order chi connectivity index (χ0) is 21.1. The van der Waals surface area contributed by atoms with E-state index >= 15 is 0 Å². The third-order valence-corrected chi connectivity index (χ3v) is 6.51. The zero-order valence-corrected chi connectivity index (χ0v) is 18.1. The fraction of sp³-hybridized carbons (Fsp3) is 0.188. The highest BCUT2D eigenvalue weighted by Crippen LogP contribution is 2.29. The van der Waals surface area contributed by atoms with Crippen LogP contribution in [0.3, 0.4) is 0 Å². The van der Waals surface area contributed by atoms with Gasteiger partial charge >= 0.3 is 0 Å². The Bertz CT molecular complexity index is 1120. The van der Waals surface area contributed by atoms with E-state index in [9.17, 15) is 21.6 Å². The van der Waals surface area contributed by atoms with Crippen LogP contribution in [0.25, 0.3) is 0 Å². The molecule has 0 bridgehead atoms. The van der Waals surface area contributed by atoms with E-state index in [0.717, 1.165) is 6.07 Å². The number of methoxy groups -OCH3 is 1. The number of halogens is 1. The van der Waals surface area contributed by atoms with E-state index in [0.29, 0.717) is 10.2 Å². The standard InChI is InChI=1S/C16H18BrN3O6S2/c1-3-27(22,23)20-14-7-4-10(8-15(14)26-2)19-16(21)12-9-11(28(18,24)25)5-6-13(12)17/h4-9,20H,3H2,1-2H3,(H,19,21)(H2,18,24,25). The smallest absolute Gasteiger partial charge is 0.256 e. The van der Waals surface area contributed by atoms with E-state index in [-0.39, 0.29) is 27.6 Å². The van der Waals surface area contributed by atoms with Gasteiger partial charge in [0.05, 0.1) is 29.0 Å². The van der Waals surface area contributed by atoms with E-state index in [1.165, 1.54) is 44.4 Å². The highest BCUT2D eigenvalue weighted by molar-refractivity contribution is 9.10. The molecule has 0 spiro atoms. The maximum Gasteiger partial charge on any atom is 0.256 e. The van der Waals surface area contributed by atoms with Gasteiger partial charge in [0.1, 0.15) is 5.75 Å². The van der Waals surface area contributed by atoms with Gasteiger partial charge in [-0.05, 0) is 53.2 Å². The van der Waals surface area contributed by atoms with Crippen molar-refractivity contribution in [1.29, 1.82) is 0 Å². The van der Waals surface area contributed by atoms with Crippen molar-refractivity contribution in [1.82, 2.24) is 0 Å². The van der Waals surface area contributed by atoms with Crippen LogP contribution in [-0.2, 0) is 20.0 Å². The number of carbonyl (C=O) groups excluding carboxylic acids is 1. The average Bonchev–Trinajstić information content (AvgIpc) is 2.62. The highest BCUT2D eigenvalue weighted by atomic mass is 79.9. The second-order valence-electron chi connectivity index (χ2n) is 5.56. The monoisotopic (exact) mass is 491 g/mol. The molecule has 0 fully saturated rings. The maximum absolute atomic E-state index is 12.5. The molecule has 0 radical (unpaired) electrons. The Morgan fingerprint density at radius 1 is 1.14 bits per heavy atom. The number of nitrogens with one attached hydrogen (secondary N) is 2. The summed E-state index contributed by atoms with van der Waals surface area (Å²) in [6, 6.07) is 8.17. The lowest BCUT2D eigenvalue weighted by atomic mass is 10.2. The Morgan fingerprint density at radius 3 is 2.39 bits per heavy atom. The van der Waals surface area contributed by atoms with Gasteiger partial charge in [-0.25, -0.2) is 22.0 Å². The molecule has 4 N–H and O–H groups in total. The van der Waals surface area contributed by atoms with Gasteiger partial charge in [0.15, 0.2) is 0 Å². The number of hydrogen-bond donors (Lipinski definition) is 3. The fourth-order valence-corrected chi connectivity index (χ4v) is 3.76. The number of rotatable bonds is 7. The summed E-state index contributed by atoms with van der Waals surface area (Å²) in [6.45, 7) is 1.50. The molecule has 0 aliphatic heterocycles. The summed E-state index contributed by atoms with van der Waals surface area (Å²) in [5.74, 6) is -0.503. The lowest BCUT2D eigenvalue weighted by molar-refractivity contribution is 0.102. The van der Waals surface area contributed by atoms with Crippen LogP contribution in [0.15, 0.2) is 45.8 Å². The first-order chi connectivity index (χ1) is 13.0. The minimum absolute atomic E-state index is 0.0567. The van der Waals surface area contributed by atoms with Crippen LogP contribution in [0.1, 0.15) is 17.3 Å². The van der Waals surface area contributed by atoms with Crippen molar-refractivity contribution in [3.63, 3.8) is 0 Å². The molecule has 0 atom stereocenters. The van der Waals surface area contributed by atoms with Crippen molar-refractivity contribution in [2.75, 3.05) is 22.9 Å². The quantitative estimate of drug-likeness (QED) is 0.540. The molecule has 0 aliphatic rings. The molecule has 12 heteroatoms. The van der Waals surface area contributed by atoms with Crippen molar-refractivity contribution in [3.05, 3.63) is 46.4 Å². The van der Waals surface area contributed by atoms with Crippen LogP contribution in [0, 0.1) is 0 Å². The first kappa shape index (κ1) is 22.1. The number of ether oxygens (including phenoxy) is 1. The average molecular weight is 492 g/mol. The largest absolute Gasteiger partial charge is 0.494 e. The second kappa shape index (κ2) is 8.47. The van der Waals surface area contributed by atoms with Gasteiger partial charge in [0.2, 0.25) is 20.0 Å². The number of amides is 1. The van der Waals surface area contributed by atoms with Crippen molar-refractivity contribution in [2.45, 2.75) is 11.8 Å². The van der Waals surface area contributed by atoms with E-state index in [2.05, 4.69) is 26.0 Å². The predicted octanol–water partition coefficient (Wildman–Crippen LogP) is 2.12. The van der Waals surface area contributed by atoms with Crippen LogP contribution in [0.2, 0.25) is 0 Å². The Hall–Kier alpha value is -2.15. The third kappa shape index (κ3) is 5.44. The van der Waals surface area contributed by atoms with E-state index in [4.69, 9.17) is 9.88 Å². The number of hydrogen-bond acceptors (Lipinski definition) is 6. The van der Waals surface area contributed by atoms with Crippen LogP contribution < -0.4 is 19.9 Å². The molecular formula is C16H18BrN3O6S2. The number of carbonyl (C=O) groups is 1. The van der Waals surface area contributed by atoms with Crippen LogP contribution >= 0.6 is 15.9 Å². The topological polar surface area (TPSA) is 145 Å². The highest BCUT2D eigenvalue weighted by Gasteiger charge is 2.17. The Balaban J connectivity index is 2.32. The zero-order valence-electron chi connectivity index (χ0n) is 14.9. The third-order valence-electron chi connectivity index (χ3n) is 3.62. The van der Waals surface area contributed by atoms with Gasteiger partial charge < -0.3 is 10.1 Å². The molecule has 2 rings (SSSR count). The number of sulfonamides is 2. The summed E-state index contributed by atoms with van der Waals surface area (Å²) in [5.41, 5.74) is 0.593. The second-order valence-corrected chi connectivity index (χ2v) is 9.99. The Kier molecular flexibility index (Phi) is 6.70. The molecule has 2 aromatic rings. The van der Waals surface area contributed by atoms with Crippen molar-refractivity contribution < 1.29 is 26.4 Å². The first-order valence-corrected chi connectivity index (χ1v) is 11.8. The van der Waals surface area contributed by atoms with E-state index in [1.807, 2.05) is 0 Å². The van der Waals surface area contributed by atoms with Gasteiger partial charge in [-0.1, -0.05) is 0 Å². The summed E-state index contributed by atoms with van der Waals surface area (Å²) in [6.07, 6.45) is 0. The minimum atomic E-state index is -3.97. The van der Waals surface area contributed by atoms with Gasteiger partial charge in [0, 0.05) is 16.2 Å². The molecule has 0 unspecified atom stereocenters.